The summed E-state index contributed by atoms with van der Waals surface area (Å²) in [7, 11) is -3.24. The first kappa shape index (κ1) is 30.3. The fraction of sp³-hybridized carbons (Fsp3) is 0.759. The van der Waals surface area contributed by atoms with Crippen LogP contribution in [0.25, 0.3) is 0 Å². The van der Waals surface area contributed by atoms with E-state index in [0.717, 1.165) is 77.4 Å². The van der Waals surface area contributed by atoms with Crippen LogP contribution in [0.3, 0.4) is 0 Å². The van der Waals surface area contributed by atoms with Gasteiger partial charge in [0.1, 0.15) is 11.6 Å². The van der Waals surface area contributed by atoms with Gasteiger partial charge in [-0.1, -0.05) is 0 Å². The Morgan fingerprint density at radius 2 is 1.62 bits per heavy atom. The van der Waals surface area contributed by atoms with Gasteiger partial charge in [-0.3, -0.25) is 4.79 Å². The molecule has 3 fully saturated rings. The third-order valence-electron chi connectivity index (χ3n) is 9.19. The smallest absolute Gasteiger partial charge is 0.223 e. The molecule has 3 aliphatic heterocycles. The van der Waals surface area contributed by atoms with Gasteiger partial charge < -0.3 is 15.1 Å². The normalized spacial score (nSPS) is 22.2. The van der Waals surface area contributed by atoms with E-state index in [1.54, 1.807) is 0 Å². The Bertz CT molecular complexity index is 1030. The highest BCUT2D eigenvalue weighted by atomic mass is 32.2. The van der Waals surface area contributed by atoms with Crippen LogP contribution in [0.1, 0.15) is 69.8 Å². The van der Waals surface area contributed by atoms with Crippen LogP contribution in [0.15, 0.2) is 18.2 Å². The highest BCUT2D eigenvalue weighted by Crippen LogP contribution is 2.37. The van der Waals surface area contributed by atoms with E-state index in [1.165, 1.54) is 22.7 Å². The van der Waals surface area contributed by atoms with Crippen LogP contribution in [0.2, 0.25) is 0 Å². The number of carbonyl (C=O) groups is 1. The van der Waals surface area contributed by atoms with Crippen molar-refractivity contribution in [3.8, 4) is 0 Å². The van der Waals surface area contributed by atoms with Crippen molar-refractivity contribution < 1.29 is 22.0 Å². The van der Waals surface area contributed by atoms with E-state index in [9.17, 15) is 22.0 Å². The van der Waals surface area contributed by atoms with Crippen LogP contribution in [0.5, 0.6) is 0 Å². The first-order valence-electron chi connectivity index (χ1n) is 14.8. The summed E-state index contributed by atoms with van der Waals surface area (Å²) in [5.41, 5.74) is 0.667. The van der Waals surface area contributed by atoms with Gasteiger partial charge in [-0.15, -0.1) is 0 Å². The van der Waals surface area contributed by atoms with Crippen molar-refractivity contribution in [2.45, 2.75) is 70.3 Å². The molecule has 0 saturated carbocycles. The molecule has 0 spiro atoms. The number of piperidine rings is 3. The van der Waals surface area contributed by atoms with E-state index < -0.39 is 21.7 Å². The predicted molar refractivity (Wildman–Crippen MR) is 150 cm³/mol. The van der Waals surface area contributed by atoms with Crippen molar-refractivity contribution in [2.75, 3.05) is 58.6 Å². The molecule has 1 unspecified atom stereocenters. The Morgan fingerprint density at radius 3 is 2.18 bits per heavy atom. The lowest BCUT2D eigenvalue weighted by Gasteiger charge is -2.40. The lowest BCUT2D eigenvalue weighted by molar-refractivity contribution is -0.135. The van der Waals surface area contributed by atoms with Crippen LogP contribution in [-0.2, 0) is 14.8 Å². The van der Waals surface area contributed by atoms with E-state index in [0.29, 0.717) is 43.8 Å². The quantitative estimate of drug-likeness (QED) is 0.465. The number of sulfonamides is 1. The van der Waals surface area contributed by atoms with Gasteiger partial charge in [0.2, 0.25) is 15.9 Å². The van der Waals surface area contributed by atoms with Crippen molar-refractivity contribution in [1.82, 2.24) is 19.4 Å². The minimum Gasteiger partial charge on any atom is -0.340 e. The van der Waals surface area contributed by atoms with E-state index in [-0.39, 0.29) is 23.8 Å². The van der Waals surface area contributed by atoms with Gasteiger partial charge in [0.25, 0.3) is 0 Å². The van der Waals surface area contributed by atoms with Crippen LogP contribution in [-0.4, -0.2) is 93.1 Å². The molecule has 1 atom stereocenters. The Morgan fingerprint density at radius 1 is 1.00 bits per heavy atom. The minimum atomic E-state index is -3.24. The average Bonchev–Trinajstić information content (AvgIpc) is 2.90. The lowest BCUT2D eigenvalue weighted by Crippen LogP contribution is -2.48. The van der Waals surface area contributed by atoms with Crippen LogP contribution >= 0.6 is 0 Å². The summed E-state index contributed by atoms with van der Waals surface area (Å²) in [6.07, 6.45) is 8.05. The molecule has 3 saturated heterocycles. The zero-order chi connectivity index (χ0) is 28.0. The number of benzene rings is 1. The molecule has 0 aliphatic carbocycles. The van der Waals surface area contributed by atoms with Gasteiger partial charge in [0.05, 0.1) is 6.26 Å². The number of carbonyl (C=O) groups excluding carboxylic acids is 1. The molecule has 3 aliphatic rings. The number of hydrogen-bond donors (Lipinski definition) is 1. The largest absolute Gasteiger partial charge is 0.340 e. The van der Waals surface area contributed by atoms with Crippen LogP contribution < -0.4 is 5.32 Å². The van der Waals surface area contributed by atoms with E-state index in [1.807, 2.05) is 0 Å². The molecule has 4 rings (SSSR count). The molecule has 39 heavy (non-hydrogen) atoms. The van der Waals surface area contributed by atoms with E-state index >= 15 is 0 Å². The fourth-order valence-electron chi connectivity index (χ4n) is 6.94. The molecule has 1 N–H and O–H groups in total. The molecule has 7 nitrogen and oxygen atoms in total. The second kappa shape index (κ2) is 13.8. The maximum Gasteiger partial charge on any atom is 0.223 e. The van der Waals surface area contributed by atoms with Crippen LogP contribution in [0, 0.1) is 23.5 Å². The summed E-state index contributed by atoms with van der Waals surface area (Å²) in [4.78, 5) is 17.6. The topological polar surface area (TPSA) is 73.0 Å². The fourth-order valence-corrected chi connectivity index (χ4v) is 7.81. The van der Waals surface area contributed by atoms with E-state index in [4.69, 9.17) is 0 Å². The molecule has 1 amide bonds. The third kappa shape index (κ3) is 8.44. The van der Waals surface area contributed by atoms with Crippen molar-refractivity contribution in [2.24, 2.45) is 11.8 Å². The highest BCUT2D eigenvalue weighted by molar-refractivity contribution is 7.88. The summed E-state index contributed by atoms with van der Waals surface area (Å²) in [5.74, 6) is -0.229. The SMILES string of the molecule is CCN(C(=O)CC1CCNCC1)C1CCN(CCC(c2cc(F)cc(F)c2)C2CCN(S(C)(=O)=O)CC2)CC1. The van der Waals surface area contributed by atoms with Gasteiger partial charge in [-0.2, -0.15) is 0 Å². The number of rotatable bonds is 10. The molecule has 0 aromatic heterocycles. The molecule has 3 heterocycles. The van der Waals surface area contributed by atoms with Gasteiger partial charge in [-0.25, -0.2) is 21.5 Å². The molecule has 220 valence electrons. The number of likely N-dealkylation sites (tertiary alicyclic amines) is 1. The average molecular weight is 569 g/mol. The number of hydrogen-bond acceptors (Lipinski definition) is 5. The molecule has 1 aromatic carbocycles. The predicted octanol–water partition coefficient (Wildman–Crippen LogP) is 3.81. The van der Waals surface area contributed by atoms with Crippen molar-refractivity contribution in [1.29, 1.82) is 0 Å². The Hall–Kier alpha value is -1.62. The summed E-state index contributed by atoms with van der Waals surface area (Å²) in [5, 5.41) is 3.37. The summed E-state index contributed by atoms with van der Waals surface area (Å²) in [6, 6.07) is 4.06. The van der Waals surface area contributed by atoms with Crippen molar-refractivity contribution in [3.63, 3.8) is 0 Å². The number of nitrogens with zero attached hydrogens (tertiary/aromatic N) is 3. The Labute approximate surface area is 233 Å². The second-order valence-electron chi connectivity index (χ2n) is 11.7. The van der Waals surface area contributed by atoms with Gasteiger partial charge in [0.15, 0.2) is 0 Å². The molecule has 0 bridgehead atoms. The zero-order valence-corrected chi connectivity index (χ0v) is 24.4. The lowest BCUT2D eigenvalue weighted by atomic mass is 9.78. The standard InChI is InChI=1S/C29H46F2N4O3S/c1-3-35(29(36)18-22-4-11-32-12-5-22)27-8-13-33(14-9-27)15-10-28(24-19-25(30)21-26(31)20-24)23-6-16-34(17-7-23)39(2,37)38/h19-23,27-28,32H,3-18H2,1-2H3. The van der Waals surface area contributed by atoms with Gasteiger partial charge in [0, 0.05) is 51.3 Å². The number of nitrogens with one attached hydrogen (secondary N) is 1. The molecular formula is C29H46F2N4O3S. The van der Waals surface area contributed by atoms with E-state index in [2.05, 4.69) is 22.0 Å². The Balaban J connectivity index is 1.33. The Kier molecular flexibility index (Phi) is 10.8. The van der Waals surface area contributed by atoms with Gasteiger partial charge in [-0.05, 0) is 107 Å². The molecular weight excluding hydrogens is 522 g/mol. The van der Waals surface area contributed by atoms with Crippen molar-refractivity contribution in [3.05, 3.63) is 35.4 Å². The first-order chi connectivity index (χ1) is 18.6. The molecule has 1 aromatic rings. The maximum atomic E-state index is 14.2. The monoisotopic (exact) mass is 568 g/mol. The minimum absolute atomic E-state index is 0.0339. The third-order valence-corrected chi connectivity index (χ3v) is 10.5. The summed E-state index contributed by atoms with van der Waals surface area (Å²) < 4.78 is 53.8. The molecule has 0 radical (unpaired) electrons. The second-order valence-corrected chi connectivity index (χ2v) is 13.7. The summed E-state index contributed by atoms with van der Waals surface area (Å²) in [6.45, 7) is 8.33. The summed E-state index contributed by atoms with van der Waals surface area (Å²) >= 11 is 0. The molecule has 10 heteroatoms. The van der Waals surface area contributed by atoms with Crippen molar-refractivity contribution >= 4 is 15.9 Å². The maximum absolute atomic E-state index is 14.2. The van der Waals surface area contributed by atoms with Crippen LogP contribution in [0.4, 0.5) is 8.78 Å². The zero-order valence-electron chi connectivity index (χ0n) is 23.6. The number of halogens is 2. The highest BCUT2D eigenvalue weighted by Gasteiger charge is 2.33. The van der Waals surface area contributed by atoms with Gasteiger partial charge >= 0.3 is 0 Å². The number of amides is 1. The first-order valence-corrected chi connectivity index (χ1v) is 16.6.